The zero-order valence-electron chi connectivity index (χ0n) is 12.9. The first-order chi connectivity index (χ1) is 10.6. The molecule has 0 unspecified atom stereocenters. The van der Waals surface area contributed by atoms with Crippen LogP contribution in [-0.4, -0.2) is 5.11 Å². The Morgan fingerprint density at radius 1 is 1.14 bits per heavy atom. The summed E-state index contributed by atoms with van der Waals surface area (Å²) in [7, 11) is 0. The molecule has 0 aliphatic carbocycles. The highest BCUT2D eigenvalue weighted by atomic mass is 35.5. The maximum Gasteiger partial charge on any atom is 0.175 e. The number of benzene rings is 2. The second-order valence-electron chi connectivity index (χ2n) is 5.30. The topological polar surface area (TPSA) is 24.1 Å². The molecule has 2 aromatic carbocycles. The number of nitrogens with one attached hydrogen (secondary N) is 2. The summed E-state index contributed by atoms with van der Waals surface area (Å²) < 4.78 is 0. The van der Waals surface area contributed by atoms with E-state index in [1.54, 1.807) is 0 Å². The molecule has 116 valence electrons. The Labute approximate surface area is 142 Å². The third-order valence-electron chi connectivity index (χ3n) is 3.49. The number of hydrogen-bond donors (Lipinski definition) is 2. The minimum absolute atomic E-state index is 0.573. The molecule has 2 rings (SSSR count). The molecule has 2 N–H and O–H groups in total. The van der Waals surface area contributed by atoms with E-state index in [9.17, 15) is 0 Å². The van der Waals surface area contributed by atoms with Crippen molar-refractivity contribution in [1.82, 2.24) is 0 Å². The second kappa shape index (κ2) is 8.16. The van der Waals surface area contributed by atoms with Crippen LogP contribution in [0.4, 0.5) is 11.4 Å². The van der Waals surface area contributed by atoms with Crippen LogP contribution in [0.25, 0.3) is 0 Å². The van der Waals surface area contributed by atoms with Crippen LogP contribution >= 0.6 is 23.8 Å². The summed E-state index contributed by atoms with van der Waals surface area (Å²) in [4.78, 5) is 0. The smallest absolute Gasteiger partial charge is 0.175 e. The number of thiocarbonyl (C=S) groups is 1. The molecule has 0 saturated heterocycles. The van der Waals surface area contributed by atoms with Crippen LogP contribution in [0.3, 0.4) is 0 Å². The van der Waals surface area contributed by atoms with Crippen molar-refractivity contribution >= 4 is 40.3 Å². The van der Waals surface area contributed by atoms with Crippen molar-refractivity contribution in [3.8, 4) is 0 Å². The van der Waals surface area contributed by atoms with Crippen LogP contribution in [0.2, 0.25) is 5.02 Å². The summed E-state index contributed by atoms with van der Waals surface area (Å²) in [5, 5.41) is 7.76. The summed E-state index contributed by atoms with van der Waals surface area (Å²) >= 11 is 11.5. The van der Waals surface area contributed by atoms with Gasteiger partial charge in [0.15, 0.2) is 5.11 Å². The first-order valence-electron chi connectivity index (χ1n) is 7.52. The number of para-hydroxylation sites is 1. The van der Waals surface area contributed by atoms with E-state index in [0.29, 0.717) is 5.11 Å². The van der Waals surface area contributed by atoms with Crippen molar-refractivity contribution in [2.24, 2.45) is 0 Å². The summed E-state index contributed by atoms with van der Waals surface area (Å²) in [5.74, 6) is 0. The van der Waals surface area contributed by atoms with Gasteiger partial charge in [-0.2, -0.15) is 0 Å². The number of rotatable bonds is 5. The van der Waals surface area contributed by atoms with Crippen LogP contribution < -0.4 is 10.6 Å². The average Bonchev–Trinajstić information content (AvgIpc) is 2.50. The van der Waals surface area contributed by atoms with E-state index < -0.39 is 0 Å². The molecule has 0 heterocycles. The van der Waals surface area contributed by atoms with Crippen molar-refractivity contribution < 1.29 is 0 Å². The van der Waals surface area contributed by atoms with E-state index in [4.69, 9.17) is 23.8 Å². The van der Waals surface area contributed by atoms with Crippen LogP contribution in [-0.2, 0) is 6.42 Å². The predicted molar refractivity (Wildman–Crippen MR) is 101 cm³/mol. The van der Waals surface area contributed by atoms with Gasteiger partial charge in [-0.3, -0.25) is 0 Å². The van der Waals surface area contributed by atoms with Crippen molar-refractivity contribution in [3.63, 3.8) is 0 Å². The number of unbranched alkanes of at least 4 members (excludes halogenated alkanes) is 1. The van der Waals surface area contributed by atoms with E-state index in [-0.39, 0.29) is 0 Å². The van der Waals surface area contributed by atoms with Gasteiger partial charge in [0, 0.05) is 16.4 Å². The van der Waals surface area contributed by atoms with Crippen molar-refractivity contribution in [1.29, 1.82) is 0 Å². The molecule has 0 saturated carbocycles. The average molecular weight is 333 g/mol. The predicted octanol–water partition coefficient (Wildman–Crippen LogP) is 5.80. The van der Waals surface area contributed by atoms with Gasteiger partial charge in [-0.25, -0.2) is 0 Å². The molecule has 4 heteroatoms. The van der Waals surface area contributed by atoms with Gasteiger partial charge in [-0.15, -0.1) is 0 Å². The van der Waals surface area contributed by atoms with Gasteiger partial charge >= 0.3 is 0 Å². The molecular weight excluding hydrogens is 312 g/mol. The number of hydrogen-bond acceptors (Lipinski definition) is 1. The highest BCUT2D eigenvalue weighted by Crippen LogP contribution is 2.21. The number of halogens is 1. The maximum atomic E-state index is 6.14. The quantitative estimate of drug-likeness (QED) is 0.676. The minimum atomic E-state index is 0.573. The molecular formula is C18H21ClN2S. The van der Waals surface area contributed by atoms with E-state index in [1.807, 2.05) is 31.2 Å². The first-order valence-corrected chi connectivity index (χ1v) is 8.31. The molecule has 0 aliphatic heterocycles. The van der Waals surface area contributed by atoms with Gasteiger partial charge in [-0.05, 0) is 61.3 Å². The lowest BCUT2D eigenvalue weighted by molar-refractivity contribution is 0.796. The Hall–Kier alpha value is -1.58. The third-order valence-corrected chi connectivity index (χ3v) is 4.11. The lowest BCUT2D eigenvalue weighted by Gasteiger charge is -2.14. The second-order valence-corrected chi connectivity index (χ2v) is 6.12. The zero-order valence-corrected chi connectivity index (χ0v) is 14.5. The molecule has 0 aromatic heterocycles. The van der Waals surface area contributed by atoms with Crippen LogP contribution in [0.15, 0.2) is 42.5 Å². The fraction of sp³-hybridized carbons (Fsp3) is 0.278. The zero-order chi connectivity index (χ0) is 15.9. The highest BCUT2D eigenvalue weighted by molar-refractivity contribution is 7.80. The minimum Gasteiger partial charge on any atom is -0.332 e. The van der Waals surface area contributed by atoms with Crippen molar-refractivity contribution in [2.75, 3.05) is 10.6 Å². The molecule has 2 nitrogen and oxygen atoms in total. The van der Waals surface area contributed by atoms with Crippen LogP contribution in [0.1, 0.15) is 30.9 Å². The third kappa shape index (κ3) is 4.72. The number of aryl methyl sites for hydroxylation is 2. The molecule has 2 aromatic rings. The van der Waals surface area contributed by atoms with E-state index in [0.717, 1.165) is 28.4 Å². The van der Waals surface area contributed by atoms with Gasteiger partial charge in [-0.1, -0.05) is 49.2 Å². The highest BCUT2D eigenvalue weighted by Gasteiger charge is 2.05. The largest absolute Gasteiger partial charge is 0.332 e. The van der Waals surface area contributed by atoms with Crippen LogP contribution in [0, 0.1) is 6.92 Å². The molecule has 0 bridgehead atoms. The van der Waals surface area contributed by atoms with Crippen LogP contribution in [0.5, 0.6) is 0 Å². The monoisotopic (exact) mass is 332 g/mol. The van der Waals surface area contributed by atoms with Gasteiger partial charge < -0.3 is 10.6 Å². The summed E-state index contributed by atoms with van der Waals surface area (Å²) in [6, 6.07) is 14.1. The molecule has 0 atom stereocenters. The number of anilines is 2. The molecule has 0 amide bonds. The molecule has 0 spiro atoms. The Kier molecular flexibility index (Phi) is 6.22. The lowest BCUT2D eigenvalue weighted by atomic mass is 10.1. The van der Waals surface area contributed by atoms with Crippen molar-refractivity contribution in [3.05, 3.63) is 58.6 Å². The summed E-state index contributed by atoms with van der Waals surface area (Å²) in [6.45, 7) is 4.18. The molecule has 0 radical (unpaired) electrons. The Morgan fingerprint density at radius 2 is 1.91 bits per heavy atom. The Bertz CT molecular complexity index is 655. The molecule has 22 heavy (non-hydrogen) atoms. The van der Waals surface area contributed by atoms with Gasteiger partial charge in [0.05, 0.1) is 0 Å². The lowest BCUT2D eigenvalue weighted by Crippen LogP contribution is -2.20. The summed E-state index contributed by atoms with van der Waals surface area (Å²) in [5.41, 5.74) is 4.29. The Morgan fingerprint density at radius 3 is 2.64 bits per heavy atom. The van der Waals surface area contributed by atoms with E-state index >= 15 is 0 Å². The van der Waals surface area contributed by atoms with Gasteiger partial charge in [0.2, 0.25) is 0 Å². The summed E-state index contributed by atoms with van der Waals surface area (Å²) in [6.07, 6.45) is 3.41. The van der Waals surface area contributed by atoms with Gasteiger partial charge in [0.25, 0.3) is 0 Å². The standard InChI is InChI=1S/C18H21ClN2S/c1-3-4-7-14-8-5-6-9-17(14)21-18(22)20-15-11-10-13(2)16(19)12-15/h5-6,8-12H,3-4,7H2,1-2H3,(H2,20,21,22). The Balaban J connectivity index is 2.04. The van der Waals surface area contributed by atoms with Gasteiger partial charge in [0.1, 0.15) is 0 Å². The normalized spacial score (nSPS) is 10.3. The first kappa shape index (κ1) is 16.8. The molecule has 0 fully saturated rings. The SMILES string of the molecule is CCCCc1ccccc1NC(=S)Nc1ccc(C)c(Cl)c1. The van der Waals surface area contributed by atoms with Crippen molar-refractivity contribution in [2.45, 2.75) is 33.1 Å². The van der Waals surface area contributed by atoms with E-state index in [1.165, 1.54) is 18.4 Å². The fourth-order valence-electron chi connectivity index (χ4n) is 2.18. The fourth-order valence-corrected chi connectivity index (χ4v) is 2.59. The maximum absolute atomic E-state index is 6.14. The molecule has 0 aliphatic rings. The van der Waals surface area contributed by atoms with E-state index in [2.05, 4.69) is 35.8 Å².